The first-order valence-electron chi connectivity index (χ1n) is 11.4. The average molecular weight is 428 g/mol. The minimum Gasteiger partial charge on any atom is -0.390 e. The highest BCUT2D eigenvalue weighted by molar-refractivity contribution is 5.80. The van der Waals surface area contributed by atoms with Gasteiger partial charge in [-0.2, -0.15) is 10.4 Å². The predicted molar refractivity (Wildman–Crippen MR) is 117 cm³/mol. The molecule has 5 aliphatic rings. The molecule has 0 aromatic carbocycles. The summed E-state index contributed by atoms with van der Waals surface area (Å²) in [7, 11) is 0. The molecule has 3 aliphatic carbocycles. The molecular weight excluding hydrogens is 402 g/mol. The summed E-state index contributed by atoms with van der Waals surface area (Å²) >= 11 is 0. The van der Waals surface area contributed by atoms with E-state index in [-0.39, 0.29) is 10.8 Å². The van der Waals surface area contributed by atoms with Crippen LogP contribution in [0.2, 0.25) is 0 Å². The first-order valence-corrected chi connectivity index (χ1v) is 11.4. The Morgan fingerprint density at radius 1 is 1.12 bits per heavy atom. The number of aliphatic hydroxyl groups is 1. The number of nitrogens with zero attached hydrogens (tertiary/aromatic N) is 7. The fraction of sp³-hybridized carbons (Fsp3) is 0.542. The summed E-state index contributed by atoms with van der Waals surface area (Å²) in [6, 6.07) is 6.98. The van der Waals surface area contributed by atoms with Crippen LogP contribution in [-0.2, 0) is 5.41 Å². The second-order valence-corrected chi connectivity index (χ2v) is 10.9. The molecule has 0 amide bonds. The van der Waals surface area contributed by atoms with Crippen molar-refractivity contribution in [2.75, 3.05) is 11.4 Å². The Morgan fingerprint density at radius 2 is 1.91 bits per heavy atom. The Bertz CT molecular complexity index is 1320. The highest BCUT2D eigenvalue weighted by atomic mass is 16.3. The summed E-state index contributed by atoms with van der Waals surface area (Å²) in [4.78, 5) is 16.0. The molecule has 2 bridgehead atoms. The van der Waals surface area contributed by atoms with Gasteiger partial charge in [-0.1, -0.05) is 0 Å². The van der Waals surface area contributed by atoms with E-state index in [0.29, 0.717) is 11.9 Å². The van der Waals surface area contributed by atoms with Crippen molar-refractivity contribution in [2.45, 2.75) is 63.0 Å². The Kier molecular flexibility index (Phi) is 3.16. The SMILES string of the molecule is CC(C)(O)C12CC(C1)N(c1cc(-n3ncc4cnc([C@]5(C#N)CC56CC6)cc43)ncn1)C2. The third-order valence-electron chi connectivity index (χ3n) is 8.93. The van der Waals surface area contributed by atoms with Crippen LogP contribution in [0.25, 0.3) is 16.7 Å². The van der Waals surface area contributed by atoms with Crippen LogP contribution < -0.4 is 4.90 Å². The number of hydrogen-bond acceptors (Lipinski definition) is 7. The topological polar surface area (TPSA) is 104 Å². The Labute approximate surface area is 185 Å². The van der Waals surface area contributed by atoms with Gasteiger partial charge in [0.1, 0.15) is 17.6 Å². The Hall–Kier alpha value is -3.05. The maximum absolute atomic E-state index is 10.7. The largest absolute Gasteiger partial charge is 0.390 e. The van der Waals surface area contributed by atoms with E-state index in [0.717, 1.165) is 61.1 Å². The van der Waals surface area contributed by atoms with Crippen LogP contribution >= 0.6 is 0 Å². The molecule has 2 aliphatic heterocycles. The molecule has 8 heteroatoms. The van der Waals surface area contributed by atoms with Gasteiger partial charge in [0.05, 0.1) is 29.1 Å². The van der Waals surface area contributed by atoms with E-state index in [1.54, 1.807) is 12.5 Å². The Morgan fingerprint density at radius 3 is 2.56 bits per heavy atom. The van der Waals surface area contributed by atoms with Crippen LogP contribution in [0.15, 0.2) is 30.9 Å². The first kappa shape index (κ1) is 18.5. The van der Waals surface area contributed by atoms with Crippen LogP contribution in [-0.4, -0.2) is 48.0 Å². The standard InChI is InChI=1S/C24H25N7O/c1-21(2,32)23-7-16(8-23)30(13-23)19-6-20(28-14-27-19)31-17-5-18(26-9-15(17)10-29-31)24(12-25)11-22(24)3-4-22/h5-6,9-10,14,16,32H,3-4,7-8,11,13H2,1-2H3/t16?,23?,24-/m1/s1. The van der Waals surface area contributed by atoms with E-state index in [2.05, 4.69) is 31.0 Å². The van der Waals surface area contributed by atoms with Gasteiger partial charge in [0.15, 0.2) is 5.82 Å². The normalized spacial score (nSPS) is 31.6. The van der Waals surface area contributed by atoms with Crippen LogP contribution in [0.1, 0.15) is 51.6 Å². The van der Waals surface area contributed by atoms with Gasteiger partial charge in [-0.15, -0.1) is 0 Å². The van der Waals surface area contributed by atoms with Gasteiger partial charge in [-0.25, -0.2) is 14.6 Å². The van der Waals surface area contributed by atoms with Gasteiger partial charge in [0, 0.05) is 35.7 Å². The molecule has 1 spiro atoms. The molecule has 8 rings (SSSR count). The summed E-state index contributed by atoms with van der Waals surface area (Å²) < 4.78 is 1.82. The zero-order chi connectivity index (χ0) is 21.9. The average Bonchev–Trinajstić information content (AvgIpc) is 3.44. The van der Waals surface area contributed by atoms with Crippen LogP contribution in [0.3, 0.4) is 0 Å². The van der Waals surface area contributed by atoms with Crippen molar-refractivity contribution in [3.05, 3.63) is 36.5 Å². The monoisotopic (exact) mass is 427 g/mol. The van der Waals surface area contributed by atoms with Crippen molar-refractivity contribution in [2.24, 2.45) is 10.8 Å². The number of pyridine rings is 1. The molecule has 0 unspecified atom stereocenters. The number of nitriles is 1. The summed E-state index contributed by atoms with van der Waals surface area (Å²) in [5.41, 5.74) is 0.742. The quantitative estimate of drug-likeness (QED) is 0.683. The zero-order valence-electron chi connectivity index (χ0n) is 18.3. The van der Waals surface area contributed by atoms with Crippen molar-refractivity contribution < 1.29 is 5.11 Å². The van der Waals surface area contributed by atoms with Gasteiger partial charge < -0.3 is 10.0 Å². The highest BCUT2D eigenvalue weighted by Gasteiger charge is 2.76. The van der Waals surface area contributed by atoms with E-state index < -0.39 is 11.0 Å². The molecule has 3 aromatic rings. The van der Waals surface area contributed by atoms with Crippen molar-refractivity contribution in [3.8, 4) is 11.9 Å². The zero-order valence-corrected chi connectivity index (χ0v) is 18.3. The molecule has 5 fully saturated rings. The minimum atomic E-state index is -0.700. The van der Waals surface area contributed by atoms with Crippen LogP contribution in [0.5, 0.6) is 0 Å². The molecule has 8 nitrogen and oxygen atoms in total. The number of rotatable bonds is 4. The molecule has 162 valence electrons. The van der Waals surface area contributed by atoms with Gasteiger partial charge >= 0.3 is 0 Å². The van der Waals surface area contributed by atoms with E-state index >= 15 is 0 Å². The molecule has 3 saturated carbocycles. The fourth-order valence-corrected chi connectivity index (χ4v) is 6.35. The summed E-state index contributed by atoms with van der Waals surface area (Å²) in [5, 5.41) is 26.1. The van der Waals surface area contributed by atoms with E-state index in [1.165, 1.54) is 0 Å². The van der Waals surface area contributed by atoms with Gasteiger partial charge in [-0.3, -0.25) is 4.98 Å². The molecular formula is C24H25N7O. The molecule has 5 heterocycles. The van der Waals surface area contributed by atoms with E-state index in [1.807, 2.05) is 36.9 Å². The predicted octanol–water partition coefficient (Wildman–Crippen LogP) is 2.90. The molecule has 2 saturated heterocycles. The summed E-state index contributed by atoms with van der Waals surface area (Å²) in [6.45, 7) is 4.64. The maximum atomic E-state index is 10.7. The lowest BCUT2D eigenvalue weighted by atomic mass is 9.61. The molecule has 0 radical (unpaired) electrons. The maximum Gasteiger partial charge on any atom is 0.159 e. The van der Waals surface area contributed by atoms with Gasteiger partial charge in [-0.05, 0) is 57.4 Å². The van der Waals surface area contributed by atoms with Crippen molar-refractivity contribution in [1.29, 1.82) is 5.26 Å². The second-order valence-electron chi connectivity index (χ2n) is 10.9. The molecule has 3 aromatic heterocycles. The third kappa shape index (κ3) is 2.15. The first-order chi connectivity index (χ1) is 15.3. The van der Waals surface area contributed by atoms with Crippen LogP contribution in [0, 0.1) is 22.2 Å². The van der Waals surface area contributed by atoms with Crippen molar-refractivity contribution in [1.82, 2.24) is 24.7 Å². The molecule has 1 N–H and O–H groups in total. The smallest absolute Gasteiger partial charge is 0.159 e. The molecule has 1 atom stereocenters. The molecule has 32 heavy (non-hydrogen) atoms. The second kappa shape index (κ2) is 5.46. The van der Waals surface area contributed by atoms with E-state index in [9.17, 15) is 10.4 Å². The summed E-state index contributed by atoms with van der Waals surface area (Å²) in [6.07, 6.45) is 10.4. The van der Waals surface area contributed by atoms with Crippen molar-refractivity contribution in [3.63, 3.8) is 0 Å². The lowest BCUT2D eigenvalue weighted by Gasteiger charge is -2.45. The summed E-state index contributed by atoms with van der Waals surface area (Å²) in [5.74, 6) is 1.57. The Balaban J connectivity index is 1.26. The van der Waals surface area contributed by atoms with Crippen molar-refractivity contribution >= 4 is 16.7 Å². The van der Waals surface area contributed by atoms with Gasteiger partial charge in [0.25, 0.3) is 0 Å². The third-order valence-corrected chi connectivity index (χ3v) is 8.93. The minimum absolute atomic E-state index is 0.0591. The van der Waals surface area contributed by atoms with Crippen LogP contribution in [0.4, 0.5) is 5.82 Å². The lowest BCUT2D eigenvalue weighted by molar-refractivity contribution is -0.0754. The van der Waals surface area contributed by atoms with E-state index in [4.69, 9.17) is 0 Å². The number of fused-ring (bicyclic) bond motifs is 2. The number of hydrogen-bond donors (Lipinski definition) is 1. The fourth-order valence-electron chi connectivity index (χ4n) is 6.35. The number of anilines is 1. The lowest BCUT2D eigenvalue weighted by Crippen LogP contribution is -2.50. The van der Waals surface area contributed by atoms with Gasteiger partial charge in [0.2, 0.25) is 0 Å². The number of aromatic nitrogens is 5. The highest BCUT2D eigenvalue weighted by Crippen LogP contribution is 2.78.